The van der Waals surface area contributed by atoms with Gasteiger partial charge in [-0.05, 0) is 59.8 Å². The fraction of sp³-hybridized carbons (Fsp3) is 0.533. The van der Waals surface area contributed by atoms with Crippen LogP contribution in [0.15, 0.2) is 60.4 Å². The number of rotatable bonds is 12. The van der Waals surface area contributed by atoms with Crippen molar-refractivity contribution >= 4 is 11.8 Å². The van der Waals surface area contributed by atoms with E-state index >= 15 is 0 Å². The molecule has 0 radical (unpaired) electrons. The highest BCUT2D eigenvalue weighted by Crippen LogP contribution is 2.45. The summed E-state index contributed by atoms with van der Waals surface area (Å²) < 4.78 is 9.96. The van der Waals surface area contributed by atoms with E-state index in [2.05, 4.69) is 13.2 Å². The van der Waals surface area contributed by atoms with Gasteiger partial charge in [0.15, 0.2) is 0 Å². The van der Waals surface area contributed by atoms with Gasteiger partial charge in [-0.1, -0.05) is 69.5 Å². The Bertz CT molecular complexity index is 953. The second-order valence-electron chi connectivity index (χ2n) is 10.1. The molecule has 3 atom stereocenters. The van der Waals surface area contributed by atoms with Gasteiger partial charge in [0.1, 0.15) is 11.5 Å². The highest BCUT2D eigenvalue weighted by molar-refractivity contribution is 5.92. The molecule has 3 rings (SSSR count). The van der Waals surface area contributed by atoms with Crippen LogP contribution in [0.3, 0.4) is 0 Å². The molecule has 0 heterocycles. The summed E-state index contributed by atoms with van der Waals surface area (Å²) in [5, 5.41) is 10.8. The Kier molecular flexibility index (Phi) is 9.91. The Balaban J connectivity index is 1.57. The zero-order chi connectivity index (χ0) is 25.4. The van der Waals surface area contributed by atoms with Crippen LogP contribution in [0.1, 0.15) is 75.0 Å². The summed E-state index contributed by atoms with van der Waals surface area (Å²) in [4.78, 5) is 24.6. The molecule has 1 N–H and O–H groups in total. The lowest BCUT2D eigenvalue weighted by atomic mass is 9.80. The SMILES string of the molecule is C=C(/C=C(/OC)C(=C)C(=O)OC)Cc1cccc([C@H](O)CC(=O)CC2CCCC2C2CCCC2)c1. The predicted molar refractivity (Wildman–Crippen MR) is 138 cm³/mol. The number of esters is 1. The molecule has 0 saturated heterocycles. The van der Waals surface area contributed by atoms with Gasteiger partial charge in [0.25, 0.3) is 0 Å². The molecule has 2 saturated carbocycles. The number of ether oxygens (including phenoxy) is 2. The molecule has 2 aliphatic carbocycles. The van der Waals surface area contributed by atoms with Crippen LogP contribution < -0.4 is 0 Å². The number of hydrogen-bond acceptors (Lipinski definition) is 5. The zero-order valence-corrected chi connectivity index (χ0v) is 21.3. The van der Waals surface area contributed by atoms with E-state index in [0.29, 0.717) is 36.0 Å². The van der Waals surface area contributed by atoms with Gasteiger partial charge in [-0.2, -0.15) is 0 Å². The largest absolute Gasteiger partial charge is 0.496 e. The molecule has 0 spiro atoms. The van der Waals surface area contributed by atoms with E-state index in [1.165, 1.54) is 52.7 Å². The topological polar surface area (TPSA) is 72.8 Å². The summed E-state index contributed by atoms with van der Waals surface area (Å²) in [6.45, 7) is 7.77. The van der Waals surface area contributed by atoms with E-state index in [1.54, 1.807) is 6.08 Å². The molecule has 0 aliphatic heterocycles. The minimum absolute atomic E-state index is 0.122. The number of aliphatic hydroxyl groups excluding tert-OH is 1. The number of hydrogen-bond donors (Lipinski definition) is 1. The fourth-order valence-electron chi connectivity index (χ4n) is 5.94. The standard InChI is InChI=1S/C30H40O5/c1-20(16-29(34-3)21(2)30(33)35-4)15-22-9-7-13-25(17-22)28(32)19-26(31)18-24-12-8-14-27(24)23-10-5-6-11-23/h7,9,13,16-17,23-24,27-28,32H,1-2,5-6,8,10-12,14-15,18-19H2,3-4H3/b29-16+/t24?,27?,28-/m1/s1. The van der Waals surface area contributed by atoms with Crippen molar-refractivity contribution in [1.82, 2.24) is 0 Å². The van der Waals surface area contributed by atoms with Crippen LogP contribution in [0.25, 0.3) is 0 Å². The molecular weight excluding hydrogens is 440 g/mol. The highest BCUT2D eigenvalue weighted by Gasteiger charge is 2.36. The van der Waals surface area contributed by atoms with Gasteiger partial charge in [0, 0.05) is 12.8 Å². The van der Waals surface area contributed by atoms with Crippen LogP contribution in [0.5, 0.6) is 0 Å². The van der Waals surface area contributed by atoms with Gasteiger partial charge in [-0.3, -0.25) is 4.79 Å². The molecular formula is C30H40O5. The number of aliphatic hydroxyl groups is 1. The summed E-state index contributed by atoms with van der Waals surface area (Å²) in [7, 11) is 2.75. The first-order chi connectivity index (χ1) is 16.8. The van der Waals surface area contributed by atoms with Gasteiger partial charge in [-0.15, -0.1) is 0 Å². The van der Waals surface area contributed by atoms with E-state index in [4.69, 9.17) is 9.47 Å². The molecule has 35 heavy (non-hydrogen) atoms. The monoisotopic (exact) mass is 480 g/mol. The highest BCUT2D eigenvalue weighted by atomic mass is 16.5. The Morgan fingerprint density at radius 2 is 1.83 bits per heavy atom. The summed E-state index contributed by atoms with van der Waals surface area (Å²) >= 11 is 0. The lowest BCUT2D eigenvalue weighted by Gasteiger charge is -2.25. The third-order valence-electron chi connectivity index (χ3n) is 7.69. The minimum atomic E-state index is -0.814. The van der Waals surface area contributed by atoms with Gasteiger partial charge < -0.3 is 14.6 Å². The van der Waals surface area contributed by atoms with Crippen molar-refractivity contribution in [2.75, 3.05) is 14.2 Å². The molecule has 1 aromatic carbocycles. The van der Waals surface area contributed by atoms with Crippen molar-refractivity contribution < 1.29 is 24.2 Å². The lowest BCUT2D eigenvalue weighted by Crippen LogP contribution is -2.20. The molecule has 0 bridgehead atoms. The Labute approximate surface area is 209 Å². The maximum atomic E-state index is 12.9. The number of benzene rings is 1. The summed E-state index contributed by atoms with van der Waals surface area (Å²) in [6, 6.07) is 7.60. The van der Waals surface area contributed by atoms with Crippen molar-refractivity contribution in [3.63, 3.8) is 0 Å². The summed E-state index contributed by atoms with van der Waals surface area (Å²) in [5.41, 5.74) is 2.52. The first-order valence-electron chi connectivity index (χ1n) is 12.8. The molecule has 2 fully saturated rings. The molecule has 2 aliphatic rings. The number of Topliss-reactive ketones (excluding diaryl/α,β-unsaturated/α-hetero) is 1. The van der Waals surface area contributed by atoms with Crippen LogP contribution in [0.4, 0.5) is 0 Å². The van der Waals surface area contributed by atoms with Crippen LogP contribution >= 0.6 is 0 Å². The molecule has 5 nitrogen and oxygen atoms in total. The quantitative estimate of drug-likeness (QED) is 0.171. The van der Waals surface area contributed by atoms with Crippen LogP contribution in [-0.4, -0.2) is 31.1 Å². The van der Waals surface area contributed by atoms with Crippen molar-refractivity contribution in [3.05, 3.63) is 71.5 Å². The second-order valence-corrected chi connectivity index (χ2v) is 10.1. The van der Waals surface area contributed by atoms with Gasteiger partial charge in [-0.25, -0.2) is 4.79 Å². The predicted octanol–water partition coefficient (Wildman–Crippen LogP) is 6.03. The number of carbonyl (C=O) groups excluding carboxylic acids is 2. The van der Waals surface area contributed by atoms with Crippen LogP contribution in [0, 0.1) is 17.8 Å². The van der Waals surface area contributed by atoms with Gasteiger partial charge in [0.05, 0.1) is 25.9 Å². The molecule has 0 amide bonds. The molecule has 1 aromatic rings. The number of ketones is 1. The third-order valence-corrected chi connectivity index (χ3v) is 7.69. The summed E-state index contributed by atoms with van der Waals surface area (Å²) in [5.74, 6) is 1.90. The maximum absolute atomic E-state index is 12.9. The van der Waals surface area contributed by atoms with Crippen molar-refractivity contribution in [1.29, 1.82) is 0 Å². The fourth-order valence-corrected chi connectivity index (χ4v) is 5.94. The average molecular weight is 481 g/mol. The first kappa shape index (κ1) is 26.9. The molecule has 5 heteroatoms. The van der Waals surface area contributed by atoms with Gasteiger partial charge >= 0.3 is 5.97 Å². The minimum Gasteiger partial charge on any atom is -0.496 e. The normalized spacial score (nSPS) is 21.5. The zero-order valence-electron chi connectivity index (χ0n) is 21.3. The van der Waals surface area contributed by atoms with Crippen molar-refractivity contribution in [3.8, 4) is 0 Å². The van der Waals surface area contributed by atoms with Crippen LogP contribution in [-0.2, 0) is 25.5 Å². The van der Waals surface area contributed by atoms with E-state index < -0.39 is 12.1 Å². The number of allylic oxidation sites excluding steroid dienone is 2. The van der Waals surface area contributed by atoms with Crippen molar-refractivity contribution in [2.24, 2.45) is 17.8 Å². The average Bonchev–Trinajstić information content (AvgIpc) is 3.53. The Morgan fingerprint density at radius 3 is 2.51 bits per heavy atom. The third kappa shape index (κ3) is 7.41. The van der Waals surface area contributed by atoms with E-state index in [9.17, 15) is 14.7 Å². The maximum Gasteiger partial charge on any atom is 0.341 e. The molecule has 2 unspecified atom stereocenters. The lowest BCUT2D eigenvalue weighted by molar-refractivity contribution is -0.136. The van der Waals surface area contributed by atoms with E-state index in [1.807, 2.05) is 24.3 Å². The summed E-state index contributed by atoms with van der Waals surface area (Å²) in [6.07, 6.45) is 11.1. The number of carbonyl (C=O) groups is 2. The van der Waals surface area contributed by atoms with Crippen molar-refractivity contribution in [2.45, 2.75) is 70.3 Å². The van der Waals surface area contributed by atoms with E-state index in [-0.39, 0.29) is 17.8 Å². The van der Waals surface area contributed by atoms with Gasteiger partial charge in [0.2, 0.25) is 0 Å². The first-order valence-corrected chi connectivity index (χ1v) is 12.8. The smallest absolute Gasteiger partial charge is 0.341 e. The van der Waals surface area contributed by atoms with E-state index in [0.717, 1.165) is 23.5 Å². The molecule has 190 valence electrons. The second kappa shape index (κ2) is 12.9. The Hall–Kier alpha value is -2.66. The number of methoxy groups -OCH3 is 2. The Morgan fingerprint density at radius 1 is 1.09 bits per heavy atom. The molecule has 0 aromatic heterocycles. The van der Waals surface area contributed by atoms with Crippen LogP contribution in [0.2, 0.25) is 0 Å².